The molecule has 1 aliphatic rings. The van der Waals surface area contributed by atoms with Gasteiger partial charge >= 0.3 is 0 Å². The van der Waals surface area contributed by atoms with Crippen molar-refractivity contribution in [2.24, 2.45) is 0 Å². The minimum absolute atomic E-state index is 0.140. The number of rotatable bonds is 2. The van der Waals surface area contributed by atoms with Crippen molar-refractivity contribution in [3.8, 4) is 5.75 Å². The van der Waals surface area contributed by atoms with E-state index >= 15 is 0 Å². The molecule has 0 saturated carbocycles. The molecule has 1 aliphatic heterocycles. The molecule has 0 spiro atoms. The fourth-order valence-electron chi connectivity index (χ4n) is 1.88. The van der Waals surface area contributed by atoms with Crippen LogP contribution in [-0.2, 0) is 10.2 Å². The maximum Gasteiger partial charge on any atom is 0.296 e. The molecule has 0 saturated heterocycles. The molecule has 0 aliphatic carbocycles. The first kappa shape index (κ1) is 11.4. The lowest BCUT2D eigenvalue weighted by atomic mass is 9.86. The Kier molecular flexibility index (Phi) is 2.30. The minimum atomic E-state index is -0.783. The lowest BCUT2D eigenvalue weighted by Crippen LogP contribution is -2.26. The van der Waals surface area contributed by atoms with Crippen molar-refractivity contribution < 1.29 is 14.5 Å². The third-order valence-electron chi connectivity index (χ3n) is 3.00. The third-order valence-corrected chi connectivity index (χ3v) is 3.00. The number of hydrogen-bond acceptors (Lipinski definition) is 4. The quantitative estimate of drug-likeness (QED) is 0.627. The van der Waals surface area contributed by atoms with Crippen LogP contribution in [0.1, 0.15) is 19.4 Å². The van der Waals surface area contributed by atoms with Crippen LogP contribution in [0.5, 0.6) is 5.75 Å². The first-order valence-corrected chi connectivity index (χ1v) is 5.06. The number of carbonyl (C=O) groups is 1. The molecular weight excluding hydrogens is 224 g/mol. The Morgan fingerprint density at radius 2 is 2.06 bits per heavy atom. The van der Waals surface area contributed by atoms with E-state index in [9.17, 15) is 14.9 Å². The smallest absolute Gasteiger partial charge is 0.296 e. The average Bonchev–Trinajstić information content (AvgIpc) is 2.49. The number of nitro groups is 1. The Morgan fingerprint density at radius 3 is 2.59 bits per heavy atom. The summed E-state index contributed by atoms with van der Waals surface area (Å²) in [6.07, 6.45) is 0. The van der Waals surface area contributed by atoms with Crippen LogP contribution >= 0.6 is 0 Å². The van der Waals surface area contributed by atoms with E-state index in [4.69, 9.17) is 4.74 Å². The molecule has 6 heteroatoms. The van der Waals surface area contributed by atoms with Gasteiger partial charge in [-0.3, -0.25) is 14.9 Å². The number of fused-ring (bicyclic) bond motifs is 1. The molecule has 0 bridgehead atoms. The highest BCUT2D eigenvalue weighted by Crippen LogP contribution is 2.44. The summed E-state index contributed by atoms with van der Waals surface area (Å²) in [6.45, 7) is 3.44. The van der Waals surface area contributed by atoms with Gasteiger partial charge in [-0.25, -0.2) is 0 Å². The van der Waals surface area contributed by atoms with E-state index in [0.717, 1.165) is 0 Å². The van der Waals surface area contributed by atoms with Gasteiger partial charge < -0.3 is 10.1 Å². The molecule has 1 aromatic rings. The standard InChI is InChI=1S/C11H12N2O4/c1-11(2)7-4-6(17-3)5-8(13(15)16)9(7)12-10(11)14/h4-5H,1-3H3,(H,12,14). The Morgan fingerprint density at radius 1 is 1.41 bits per heavy atom. The predicted molar refractivity (Wildman–Crippen MR) is 61.3 cm³/mol. The summed E-state index contributed by atoms with van der Waals surface area (Å²) in [7, 11) is 1.43. The zero-order valence-corrected chi connectivity index (χ0v) is 9.73. The first-order valence-electron chi connectivity index (χ1n) is 5.06. The van der Waals surface area contributed by atoms with Crippen LogP contribution in [0, 0.1) is 10.1 Å². The number of carbonyl (C=O) groups excluding carboxylic acids is 1. The van der Waals surface area contributed by atoms with Gasteiger partial charge in [-0.05, 0) is 19.9 Å². The number of methoxy groups -OCH3 is 1. The Hall–Kier alpha value is -2.11. The summed E-state index contributed by atoms with van der Waals surface area (Å²) < 4.78 is 5.02. The summed E-state index contributed by atoms with van der Waals surface area (Å²) in [5.41, 5.74) is -0.0631. The van der Waals surface area contributed by atoms with E-state index in [-0.39, 0.29) is 17.3 Å². The van der Waals surface area contributed by atoms with Crippen LogP contribution in [0.2, 0.25) is 0 Å². The number of nitrogens with zero attached hydrogens (tertiary/aromatic N) is 1. The Balaban J connectivity index is 2.72. The molecule has 1 aromatic carbocycles. The monoisotopic (exact) mass is 236 g/mol. The Labute approximate surface area is 97.7 Å². The Bertz CT molecular complexity index is 522. The second-order valence-corrected chi connectivity index (χ2v) is 4.41. The molecule has 0 atom stereocenters. The van der Waals surface area contributed by atoms with Crippen LogP contribution in [0.4, 0.5) is 11.4 Å². The fourth-order valence-corrected chi connectivity index (χ4v) is 1.88. The lowest BCUT2D eigenvalue weighted by Gasteiger charge is -2.15. The van der Waals surface area contributed by atoms with E-state index < -0.39 is 10.3 Å². The number of nitro benzene ring substituents is 1. The van der Waals surface area contributed by atoms with Crippen LogP contribution in [0.15, 0.2) is 12.1 Å². The number of benzene rings is 1. The molecule has 1 heterocycles. The molecule has 6 nitrogen and oxygen atoms in total. The molecular formula is C11H12N2O4. The van der Waals surface area contributed by atoms with Crippen LogP contribution < -0.4 is 10.1 Å². The summed E-state index contributed by atoms with van der Waals surface area (Å²) in [4.78, 5) is 22.2. The molecule has 1 N–H and O–H groups in total. The van der Waals surface area contributed by atoms with Gasteiger partial charge in [0.15, 0.2) is 0 Å². The van der Waals surface area contributed by atoms with Crippen molar-refractivity contribution in [3.05, 3.63) is 27.8 Å². The van der Waals surface area contributed by atoms with E-state index in [1.807, 2.05) is 0 Å². The van der Waals surface area contributed by atoms with Crippen LogP contribution in [0.25, 0.3) is 0 Å². The average molecular weight is 236 g/mol. The molecule has 1 amide bonds. The van der Waals surface area contributed by atoms with Crippen molar-refractivity contribution in [2.45, 2.75) is 19.3 Å². The van der Waals surface area contributed by atoms with Crippen molar-refractivity contribution in [1.29, 1.82) is 0 Å². The first-order chi connectivity index (χ1) is 7.87. The van der Waals surface area contributed by atoms with Gasteiger partial charge in [0.05, 0.1) is 23.5 Å². The predicted octanol–water partition coefficient (Wildman–Crippen LogP) is 1.83. The molecule has 0 radical (unpaired) electrons. The van der Waals surface area contributed by atoms with Gasteiger partial charge in [0.1, 0.15) is 11.4 Å². The van der Waals surface area contributed by atoms with Crippen molar-refractivity contribution in [3.63, 3.8) is 0 Å². The SMILES string of the molecule is COc1cc([N+](=O)[O-])c2c(c1)C(C)(C)C(=O)N2. The highest BCUT2D eigenvalue weighted by atomic mass is 16.6. The van der Waals surface area contributed by atoms with Crippen LogP contribution in [0.3, 0.4) is 0 Å². The lowest BCUT2D eigenvalue weighted by molar-refractivity contribution is -0.384. The molecule has 90 valence electrons. The summed E-state index contributed by atoms with van der Waals surface area (Å²) >= 11 is 0. The van der Waals surface area contributed by atoms with E-state index in [2.05, 4.69) is 5.32 Å². The van der Waals surface area contributed by atoms with Crippen LogP contribution in [-0.4, -0.2) is 17.9 Å². The normalized spacial score (nSPS) is 16.3. The van der Waals surface area contributed by atoms with Gasteiger partial charge in [0.2, 0.25) is 5.91 Å². The number of anilines is 1. The van der Waals surface area contributed by atoms with Crippen molar-refractivity contribution in [2.75, 3.05) is 12.4 Å². The summed E-state index contributed by atoms with van der Waals surface area (Å²) in [5.74, 6) is 0.129. The van der Waals surface area contributed by atoms with E-state index in [0.29, 0.717) is 11.3 Å². The number of hydrogen-bond donors (Lipinski definition) is 1. The van der Waals surface area contributed by atoms with Gasteiger partial charge in [-0.2, -0.15) is 0 Å². The molecule has 2 rings (SSSR count). The van der Waals surface area contributed by atoms with Gasteiger partial charge in [-0.15, -0.1) is 0 Å². The van der Waals surface area contributed by atoms with E-state index in [1.165, 1.54) is 13.2 Å². The fraction of sp³-hybridized carbons (Fsp3) is 0.364. The second-order valence-electron chi connectivity index (χ2n) is 4.41. The maximum atomic E-state index is 11.8. The highest BCUT2D eigenvalue weighted by molar-refractivity contribution is 6.08. The summed E-state index contributed by atoms with van der Waals surface area (Å²) in [5, 5.41) is 13.5. The second kappa shape index (κ2) is 3.44. The maximum absolute atomic E-state index is 11.8. The van der Waals surface area contributed by atoms with Crippen molar-refractivity contribution >= 4 is 17.3 Å². The molecule has 0 fully saturated rings. The van der Waals surface area contributed by atoms with Gasteiger partial charge in [-0.1, -0.05) is 0 Å². The molecule has 0 unspecified atom stereocenters. The number of ether oxygens (including phenoxy) is 1. The third kappa shape index (κ3) is 1.52. The molecule has 0 aromatic heterocycles. The van der Waals surface area contributed by atoms with Gasteiger partial charge in [0.25, 0.3) is 5.69 Å². The number of nitrogens with one attached hydrogen (secondary N) is 1. The zero-order valence-electron chi connectivity index (χ0n) is 9.73. The highest BCUT2D eigenvalue weighted by Gasteiger charge is 2.42. The number of amides is 1. The molecule has 17 heavy (non-hydrogen) atoms. The topological polar surface area (TPSA) is 81.5 Å². The van der Waals surface area contributed by atoms with Crippen molar-refractivity contribution in [1.82, 2.24) is 0 Å². The minimum Gasteiger partial charge on any atom is -0.496 e. The largest absolute Gasteiger partial charge is 0.496 e. The zero-order chi connectivity index (χ0) is 12.8. The van der Waals surface area contributed by atoms with Gasteiger partial charge in [0, 0.05) is 5.56 Å². The van der Waals surface area contributed by atoms with E-state index in [1.54, 1.807) is 19.9 Å². The summed E-state index contributed by atoms with van der Waals surface area (Å²) in [6, 6.07) is 2.96.